The topological polar surface area (TPSA) is 0 Å². The summed E-state index contributed by atoms with van der Waals surface area (Å²) in [4.78, 5) is 0. The third-order valence-electron chi connectivity index (χ3n) is 3.82. The van der Waals surface area contributed by atoms with Crippen molar-refractivity contribution in [3.63, 3.8) is 0 Å². The van der Waals surface area contributed by atoms with Gasteiger partial charge in [0, 0.05) is 0 Å². The van der Waals surface area contributed by atoms with Gasteiger partial charge in [0.05, 0.1) is 0 Å². The van der Waals surface area contributed by atoms with Crippen molar-refractivity contribution in [2.24, 2.45) is 11.8 Å². The van der Waals surface area contributed by atoms with Crippen LogP contribution in [0.5, 0.6) is 0 Å². The van der Waals surface area contributed by atoms with E-state index in [0.717, 1.165) is 11.8 Å². The van der Waals surface area contributed by atoms with Crippen LogP contribution in [0.1, 0.15) is 66.7 Å². The Kier molecular flexibility index (Phi) is 8.33. The van der Waals surface area contributed by atoms with Crippen molar-refractivity contribution in [2.45, 2.75) is 66.7 Å². The van der Waals surface area contributed by atoms with Crippen LogP contribution in [0.15, 0.2) is 23.8 Å². The molecule has 0 saturated carbocycles. The van der Waals surface area contributed by atoms with Crippen LogP contribution in [0.3, 0.4) is 0 Å². The molecule has 2 unspecified atom stereocenters. The average molecular weight is 222 g/mol. The molecule has 0 spiro atoms. The summed E-state index contributed by atoms with van der Waals surface area (Å²) in [5.41, 5.74) is 3.21. The Hall–Kier alpha value is -0.520. The average Bonchev–Trinajstić information content (AvgIpc) is 2.27. The molecule has 0 aromatic heterocycles. The van der Waals surface area contributed by atoms with E-state index >= 15 is 0 Å². The first kappa shape index (κ1) is 15.5. The predicted molar refractivity (Wildman–Crippen MR) is 75.7 cm³/mol. The van der Waals surface area contributed by atoms with Crippen LogP contribution in [0.4, 0.5) is 0 Å². The van der Waals surface area contributed by atoms with E-state index in [-0.39, 0.29) is 0 Å². The maximum atomic E-state index is 3.87. The lowest BCUT2D eigenvalue weighted by Gasteiger charge is -2.19. The van der Waals surface area contributed by atoms with Crippen molar-refractivity contribution in [3.8, 4) is 0 Å². The highest BCUT2D eigenvalue weighted by molar-refractivity contribution is 5.12. The summed E-state index contributed by atoms with van der Waals surface area (Å²) in [6.45, 7) is 15.4. The predicted octanol–water partition coefficient (Wildman–Crippen LogP) is 5.75. The highest BCUT2D eigenvalue weighted by atomic mass is 14.2. The summed E-state index contributed by atoms with van der Waals surface area (Å²) in [6.07, 6.45) is 8.37. The fourth-order valence-electron chi connectivity index (χ4n) is 2.27. The third kappa shape index (κ3) is 5.53. The second kappa shape index (κ2) is 8.61. The SMILES string of the molecule is C=CCC(CCC)CC(C)=C(C)C(C)CC. The normalized spacial score (nSPS) is 16.6. The van der Waals surface area contributed by atoms with Gasteiger partial charge in [0.2, 0.25) is 0 Å². The molecule has 94 valence electrons. The van der Waals surface area contributed by atoms with Crippen LogP contribution < -0.4 is 0 Å². The zero-order valence-corrected chi connectivity index (χ0v) is 12.0. The Morgan fingerprint density at radius 1 is 1.25 bits per heavy atom. The van der Waals surface area contributed by atoms with E-state index in [9.17, 15) is 0 Å². The summed E-state index contributed by atoms with van der Waals surface area (Å²) in [6, 6.07) is 0. The van der Waals surface area contributed by atoms with Crippen LogP contribution in [-0.4, -0.2) is 0 Å². The first-order valence-corrected chi connectivity index (χ1v) is 6.83. The Labute approximate surface area is 103 Å². The quantitative estimate of drug-likeness (QED) is 0.459. The molecular weight excluding hydrogens is 192 g/mol. The molecular formula is C16H30. The van der Waals surface area contributed by atoms with Crippen molar-refractivity contribution < 1.29 is 0 Å². The molecule has 0 heterocycles. The van der Waals surface area contributed by atoms with Crippen LogP contribution >= 0.6 is 0 Å². The lowest BCUT2D eigenvalue weighted by atomic mass is 9.87. The molecule has 2 atom stereocenters. The van der Waals surface area contributed by atoms with E-state index in [1.807, 2.05) is 0 Å². The van der Waals surface area contributed by atoms with Crippen LogP contribution in [0.2, 0.25) is 0 Å². The summed E-state index contributed by atoms with van der Waals surface area (Å²) in [5, 5.41) is 0. The minimum atomic E-state index is 0.742. The van der Waals surface area contributed by atoms with Crippen molar-refractivity contribution >= 4 is 0 Å². The third-order valence-corrected chi connectivity index (χ3v) is 3.82. The number of hydrogen-bond donors (Lipinski definition) is 0. The standard InChI is InChI=1S/C16H30/c1-7-10-16(11-8-2)12-14(5)15(6)13(4)9-3/h7,13,16H,1,8-12H2,2-6H3. The van der Waals surface area contributed by atoms with E-state index in [4.69, 9.17) is 0 Å². The summed E-state index contributed by atoms with van der Waals surface area (Å²) >= 11 is 0. The Bertz CT molecular complexity index is 222. The maximum Gasteiger partial charge on any atom is -0.0234 e. The molecule has 0 bridgehead atoms. The molecule has 0 saturated heterocycles. The first-order chi connectivity index (χ1) is 7.56. The van der Waals surface area contributed by atoms with Crippen molar-refractivity contribution in [3.05, 3.63) is 23.8 Å². The lowest BCUT2D eigenvalue weighted by Crippen LogP contribution is -2.04. The van der Waals surface area contributed by atoms with Crippen molar-refractivity contribution in [1.29, 1.82) is 0 Å². The molecule has 0 aromatic rings. The van der Waals surface area contributed by atoms with Gasteiger partial charge in [-0.3, -0.25) is 0 Å². The van der Waals surface area contributed by atoms with Gasteiger partial charge in [-0.25, -0.2) is 0 Å². The van der Waals surface area contributed by atoms with Gasteiger partial charge in [-0.2, -0.15) is 0 Å². The van der Waals surface area contributed by atoms with E-state index in [1.165, 1.54) is 32.1 Å². The fourth-order valence-corrected chi connectivity index (χ4v) is 2.27. The van der Waals surface area contributed by atoms with Gasteiger partial charge in [-0.05, 0) is 44.9 Å². The second-order valence-corrected chi connectivity index (χ2v) is 5.16. The van der Waals surface area contributed by atoms with Crippen LogP contribution in [-0.2, 0) is 0 Å². The number of hydrogen-bond acceptors (Lipinski definition) is 0. The minimum Gasteiger partial charge on any atom is -0.103 e. The van der Waals surface area contributed by atoms with Crippen LogP contribution in [0, 0.1) is 11.8 Å². The molecule has 0 fully saturated rings. The second-order valence-electron chi connectivity index (χ2n) is 5.16. The smallest absolute Gasteiger partial charge is 0.0234 e. The monoisotopic (exact) mass is 222 g/mol. The molecule has 0 heteroatoms. The molecule has 0 aliphatic heterocycles. The first-order valence-electron chi connectivity index (χ1n) is 6.83. The van der Waals surface area contributed by atoms with Crippen molar-refractivity contribution in [2.75, 3.05) is 0 Å². The van der Waals surface area contributed by atoms with E-state index in [2.05, 4.69) is 47.3 Å². The van der Waals surface area contributed by atoms with Gasteiger partial charge >= 0.3 is 0 Å². The van der Waals surface area contributed by atoms with Gasteiger partial charge in [0.25, 0.3) is 0 Å². The molecule has 0 aliphatic carbocycles. The van der Waals surface area contributed by atoms with Gasteiger partial charge < -0.3 is 0 Å². The van der Waals surface area contributed by atoms with Crippen molar-refractivity contribution in [1.82, 2.24) is 0 Å². The van der Waals surface area contributed by atoms with E-state index in [0.29, 0.717) is 0 Å². The molecule has 16 heavy (non-hydrogen) atoms. The Balaban J connectivity index is 4.46. The molecule has 0 aliphatic rings. The minimum absolute atomic E-state index is 0.742. The fraction of sp³-hybridized carbons (Fsp3) is 0.750. The van der Waals surface area contributed by atoms with Crippen LogP contribution in [0.25, 0.3) is 0 Å². The molecule has 0 aromatic carbocycles. The Morgan fingerprint density at radius 3 is 2.31 bits per heavy atom. The largest absolute Gasteiger partial charge is 0.103 e. The summed E-state index contributed by atoms with van der Waals surface area (Å²) in [5.74, 6) is 1.55. The van der Waals surface area contributed by atoms with Gasteiger partial charge in [0.15, 0.2) is 0 Å². The lowest BCUT2D eigenvalue weighted by molar-refractivity contribution is 0.475. The van der Waals surface area contributed by atoms with E-state index in [1.54, 1.807) is 11.1 Å². The Morgan fingerprint density at radius 2 is 1.88 bits per heavy atom. The molecule has 0 nitrogen and oxygen atoms in total. The molecule has 0 radical (unpaired) electrons. The van der Waals surface area contributed by atoms with Gasteiger partial charge in [0.1, 0.15) is 0 Å². The summed E-state index contributed by atoms with van der Waals surface area (Å²) in [7, 11) is 0. The number of rotatable bonds is 8. The molecule has 0 rings (SSSR count). The highest BCUT2D eigenvalue weighted by Gasteiger charge is 2.10. The maximum absolute atomic E-state index is 3.87. The molecule has 0 amide bonds. The number of allylic oxidation sites excluding steroid dienone is 3. The zero-order chi connectivity index (χ0) is 12.6. The molecule has 0 N–H and O–H groups in total. The highest BCUT2D eigenvalue weighted by Crippen LogP contribution is 2.26. The van der Waals surface area contributed by atoms with E-state index < -0.39 is 0 Å². The van der Waals surface area contributed by atoms with Gasteiger partial charge in [-0.1, -0.05) is 50.8 Å². The summed E-state index contributed by atoms with van der Waals surface area (Å²) < 4.78 is 0. The zero-order valence-electron chi connectivity index (χ0n) is 12.0. The van der Waals surface area contributed by atoms with Gasteiger partial charge in [-0.15, -0.1) is 6.58 Å².